The van der Waals surface area contributed by atoms with Gasteiger partial charge in [0.25, 0.3) is 5.91 Å². The van der Waals surface area contributed by atoms with Crippen molar-refractivity contribution >= 4 is 46.3 Å². The standard InChI is InChI=1S/C16H15NO3S2/c1-2-3-11(13-14(18)17-16(21)22-13)7-4-10-5-8-12(9-6-10)15(19)20/h4-9H,2-3H2,1H3,(H,19,20)(H,17,18,21). The molecule has 2 rings (SSSR count). The van der Waals surface area contributed by atoms with E-state index in [1.165, 1.54) is 11.8 Å². The van der Waals surface area contributed by atoms with Crippen LogP contribution < -0.4 is 5.32 Å². The number of amides is 1. The lowest BCUT2D eigenvalue weighted by Gasteiger charge is -2.03. The monoisotopic (exact) mass is 333 g/mol. The predicted octanol–water partition coefficient (Wildman–Crippen LogP) is 3.60. The Kier molecular flexibility index (Phi) is 5.51. The highest BCUT2D eigenvalue weighted by atomic mass is 32.2. The molecule has 0 aliphatic carbocycles. The van der Waals surface area contributed by atoms with Crippen molar-refractivity contribution in [3.8, 4) is 0 Å². The molecule has 1 amide bonds. The number of hydrogen-bond donors (Lipinski definition) is 2. The van der Waals surface area contributed by atoms with Gasteiger partial charge in [-0.05, 0) is 29.7 Å². The number of carbonyl (C=O) groups excluding carboxylic acids is 1. The number of carboxylic acids is 1. The maximum Gasteiger partial charge on any atom is 0.335 e. The summed E-state index contributed by atoms with van der Waals surface area (Å²) < 4.78 is 0.479. The SMILES string of the molecule is CCCC(C=Cc1ccc(C(=O)O)cc1)=C1SC(=S)NC1=O. The van der Waals surface area contributed by atoms with E-state index < -0.39 is 5.97 Å². The number of thiocarbonyl (C=S) groups is 1. The van der Waals surface area contributed by atoms with Crippen molar-refractivity contribution in [2.75, 3.05) is 0 Å². The van der Waals surface area contributed by atoms with Crippen molar-refractivity contribution in [2.24, 2.45) is 0 Å². The van der Waals surface area contributed by atoms with Crippen LogP contribution in [0.3, 0.4) is 0 Å². The molecule has 0 unspecified atom stereocenters. The van der Waals surface area contributed by atoms with Crippen LogP contribution in [-0.4, -0.2) is 21.3 Å². The minimum Gasteiger partial charge on any atom is -0.478 e. The molecule has 0 atom stereocenters. The zero-order valence-electron chi connectivity index (χ0n) is 12.0. The zero-order valence-corrected chi connectivity index (χ0v) is 13.6. The van der Waals surface area contributed by atoms with Crippen molar-refractivity contribution in [2.45, 2.75) is 19.8 Å². The van der Waals surface area contributed by atoms with Crippen LogP contribution >= 0.6 is 24.0 Å². The highest BCUT2D eigenvalue weighted by Crippen LogP contribution is 2.30. The Morgan fingerprint density at radius 1 is 1.36 bits per heavy atom. The van der Waals surface area contributed by atoms with Crippen LogP contribution in [0, 0.1) is 0 Å². The van der Waals surface area contributed by atoms with Crippen LogP contribution in [0.2, 0.25) is 0 Å². The molecule has 6 heteroatoms. The summed E-state index contributed by atoms with van der Waals surface area (Å²) in [5.41, 5.74) is 2.07. The normalized spacial score (nSPS) is 17.0. The molecule has 1 saturated heterocycles. The fraction of sp³-hybridized carbons (Fsp3) is 0.188. The number of carboxylic acid groups (broad SMARTS) is 1. The van der Waals surface area contributed by atoms with Gasteiger partial charge in [0.1, 0.15) is 4.32 Å². The number of aromatic carboxylic acids is 1. The number of hydrogen-bond acceptors (Lipinski definition) is 4. The molecule has 114 valence electrons. The Balaban J connectivity index is 2.24. The Hall–Kier alpha value is -1.92. The first-order valence-corrected chi connectivity index (χ1v) is 8.01. The summed E-state index contributed by atoms with van der Waals surface area (Å²) in [6.45, 7) is 2.05. The summed E-state index contributed by atoms with van der Waals surface area (Å²) >= 11 is 6.29. The van der Waals surface area contributed by atoms with E-state index in [1.807, 2.05) is 19.1 Å². The van der Waals surface area contributed by atoms with Gasteiger partial charge in [0.15, 0.2) is 0 Å². The number of carbonyl (C=O) groups is 2. The van der Waals surface area contributed by atoms with E-state index >= 15 is 0 Å². The van der Waals surface area contributed by atoms with Gasteiger partial charge in [0, 0.05) is 0 Å². The van der Waals surface area contributed by atoms with Crippen LogP contribution in [0.1, 0.15) is 35.7 Å². The minimum absolute atomic E-state index is 0.149. The van der Waals surface area contributed by atoms with Crippen molar-refractivity contribution in [3.63, 3.8) is 0 Å². The fourth-order valence-electron chi connectivity index (χ4n) is 2.00. The Morgan fingerprint density at radius 3 is 2.55 bits per heavy atom. The number of thioether (sulfide) groups is 1. The van der Waals surface area contributed by atoms with Gasteiger partial charge >= 0.3 is 5.97 Å². The van der Waals surface area contributed by atoms with E-state index in [0.29, 0.717) is 9.23 Å². The van der Waals surface area contributed by atoms with Gasteiger partial charge in [-0.1, -0.05) is 61.6 Å². The molecule has 1 aliphatic rings. The van der Waals surface area contributed by atoms with E-state index in [1.54, 1.807) is 24.3 Å². The smallest absolute Gasteiger partial charge is 0.335 e. The van der Waals surface area contributed by atoms with Gasteiger partial charge in [-0.25, -0.2) is 4.79 Å². The number of nitrogens with one attached hydrogen (secondary N) is 1. The zero-order chi connectivity index (χ0) is 16.1. The quantitative estimate of drug-likeness (QED) is 0.636. The highest BCUT2D eigenvalue weighted by Gasteiger charge is 2.24. The average Bonchev–Trinajstić information content (AvgIpc) is 2.82. The first kappa shape index (κ1) is 16.5. The van der Waals surface area contributed by atoms with Crippen molar-refractivity contribution in [1.29, 1.82) is 0 Å². The number of rotatable bonds is 5. The van der Waals surface area contributed by atoms with Crippen LogP contribution in [0.5, 0.6) is 0 Å². The van der Waals surface area contributed by atoms with Crippen molar-refractivity contribution in [3.05, 3.63) is 51.9 Å². The molecule has 0 aromatic heterocycles. The molecule has 1 heterocycles. The molecule has 0 bridgehead atoms. The molecule has 2 N–H and O–H groups in total. The molecular weight excluding hydrogens is 318 g/mol. The molecule has 1 aliphatic heterocycles. The average molecular weight is 333 g/mol. The lowest BCUT2D eigenvalue weighted by atomic mass is 10.1. The predicted molar refractivity (Wildman–Crippen MR) is 92.7 cm³/mol. The van der Waals surface area contributed by atoms with Gasteiger partial charge in [-0.3, -0.25) is 4.79 Å². The van der Waals surface area contributed by atoms with Crippen LogP contribution in [0.4, 0.5) is 0 Å². The summed E-state index contributed by atoms with van der Waals surface area (Å²) in [7, 11) is 0. The maximum absolute atomic E-state index is 11.9. The molecule has 4 nitrogen and oxygen atoms in total. The van der Waals surface area contributed by atoms with Crippen LogP contribution in [0.25, 0.3) is 6.08 Å². The van der Waals surface area contributed by atoms with E-state index in [0.717, 1.165) is 24.0 Å². The second-order valence-corrected chi connectivity index (χ2v) is 6.40. The summed E-state index contributed by atoms with van der Waals surface area (Å²) in [6, 6.07) is 6.59. The molecule has 22 heavy (non-hydrogen) atoms. The second kappa shape index (κ2) is 7.38. The molecule has 0 radical (unpaired) electrons. The Morgan fingerprint density at radius 2 is 2.05 bits per heavy atom. The molecule has 1 aromatic carbocycles. The van der Waals surface area contributed by atoms with E-state index in [4.69, 9.17) is 17.3 Å². The summed E-state index contributed by atoms with van der Waals surface area (Å²) in [4.78, 5) is 23.3. The maximum atomic E-state index is 11.9. The van der Waals surface area contributed by atoms with Gasteiger partial charge < -0.3 is 10.4 Å². The molecular formula is C16H15NO3S2. The van der Waals surface area contributed by atoms with Crippen LogP contribution in [0.15, 0.2) is 40.8 Å². The van der Waals surface area contributed by atoms with Gasteiger partial charge in [-0.2, -0.15) is 0 Å². The second-order valence-electron chi connectivity index (χ2n) is 4.71. The number of benzene rings is 1. The van der Waals surface area contributed by atoms with E-state index in [-0.39, 0.29) is 11.5 Å². The molecule has 1 aromatic rings. The van der Waals surface area contributed by atoms with Crippen molar-refractivity contribution in [1.82, 2.24) is 5.32 Å². The topological polar surface area (TPSA) is 66.4 Å². The third-order valence-electron chi connectivity index (χ3n) is 3.06. The largest absolute Gasteiger partial charge is 0.478 e. The summed E-state index contributed by atoms with van der Waals surface area (Å²) in [6.07, 6.45) is 5.47. The Labute approximate surface area is 138 Å². The third-order valence-corrected chi connectivity index (χ3v) is 4.35. The number of allylic oxidation sites excluding steroid dienone is 2. The minimum atomic E-state index is -0.947. The van der Waals surface area contributed by atoms with Gasteiger partial charge in [-0.15, -0.1) is 0 Å². The molecule has 0 spiro atoms. The first-order valence-electron chi connectivity index (χ1n) is 6.79. The summed E-state index contributed by atoms with van der Waals surface area (Å²) in [5.74, 6) is -1.10. The van der Waals surface area contributed by atoms with Crippen molar-refractivity contribution < 1.29 is 14.7 Å². The molecule has 0 saturated carbocycles. The highest BCUT2D eigenvalue weighted by molar-refractivity contribution is 8.26. The summed E-state index contributed by atoms with van der Waals surface area (Å²) in [5, 5.41) is 11.5. The lowest BCUT2D eigenvalue weighted by molar-refractivity contribution is -0.115. The van der Waals surface area contributed by atoms with Gasteiger partial charge in [0.2, 0.25) is 0 Å². The fourth-order valence-corrected chi connectivity index (χ4v) is 3.12. The van der Waals surface area contributed by atoms with E-state index in [2.05, 4.69) is 5.32 Å². The Bertz CT molecular complexity index is 675. The first-order chi connectivity index (χ1) is 10.5. The van der Waals surface area contributed by atoms with E-state index in [9.17, 15) is 9.59 Å². The lowest BCUT2D eigenvalue weighted by Crippen LogP contribution is -2.18. The van der Waals surface area contributed by atoms with Gasteiger partial charge in [0.05, 0.1) is 10.5 Å². The van der Waals surface area contributed by atoms with Crippen LogP contribution in [-0.2, 0) is 4.79 Å². The molecule has 1 fully saturated rings. The third kappa shape index (κ3) is 4.05.